The first kappa shape index (κ1) is 76.9. The summed E-state index contributed by atoms with van der Waals surface area (Å²) in [6.07, 6.45) is -38.0. The van der Waals surface area contributed by atoms with E-state index >= 15 is 0 Å². The number of aliphatic hydroxyl groups excluding tert-OH is 15. The van der Waals surface area contributed by atoms with E-state index in [0.717, 1.165) is 38.5 Å². The maximum absolute atomic E-state index is 14.6. The van der Waals surface area contributed by atoms with Gasteiger partial charge in [0.15, 0.2) is 37.7 Å². The number of fused-ring (bicyclic) bond motifs is 4. The van der Waals surface area contributed by atoms with Gasteiger partial charge in [0.2, 0.25) is 0 Å². The van der Waals surface area contributed by atoms with Crippen LogP contribution in [0, 0.1) is 39.4 Å². The Labute approximate surface area is 569 Å². The maximum atomic E-state index is 14.6. The highest BCUT2D eigenvalue weighted by molar-refractivity contribution is 5.83. The molecule has 11 rings (SSSR count). The molecule has 17 unspecified atom stereocenters. The van der Waals surface area contributed by atoms with Crippen LogP contribution < -0.4 is 0 Å². The van der Waals surface area contributed by atoms with Crippen molar-refractivity contribution in [3.63, 3.8) is 0 Å². The number of aliphatic hydroxyl groups is 15. The lowest BCUT2D eigenvalue weighted by Crippen LogP contribution is -2.67. The number of hydrogen-bond donors (Lipinski definition) is 15. The molecule has 31 heteroatoms. The van der Waals surface area contributed by atoms with E-state index < -0.39 is 234 Å². The Hall–Kier alpha value is -2.21. The van der Waals surface area contributed by atoms with Crippen LogP contribution in [0.2, 0.25) is 0 Å². The first-order chi connectivity index (χ1) is 46.3. The van der Waals surface area contributed by atoms with Gasteiger partial charge in [-0.25, -0.2) is 0 Å². The molecule has 7 heterocycles. The minimum atomic E-state index is -2.06. The lowest BCUT2D eigenvalue weighted by molar-refractivity contribution is -0.397. The largest absolute Gasteiger partial charge is 0.459 e. The zero-order chi connectivity index (χ0) is 71.2. The molecule has 562 valence electrons. The number of esters is 1. The third-order valence-corrected chi connectivity index (χ3v) is 24.6. The summed E-state index contributed by atoms with van der Waals surface area (Å²) in [5.41, 5.74) is 0.0713. The number of carbonyl (C=O) groups excluding carboxylic acids is 1. The Morgan fingerprint density at radius 3 is 1.51 bits per heavy atom. The summed E-state index contributed by atoms with van der Waals surface area (Å²) >= 11 is 0. The Kier molecular flexibility index (Phi) is 23.5. The lowest BCUT2D eigenvalue weighted by atomic mass is 9.41. The molecule has 7 aliphatic heterocycles. The molecule has 98 heavy (non-hydrogen) atoms. The number of ether oxygens (including phenoxy) is 15. The molecule has 4 aliphatic carbocycles. The number of allylic oxidation sites excluding steroid dienone is 4. The molecule has 0 aromatic rings. The fourth-order valence-electron chi connectivity index (χ4n) is 19.1. The van der Waals surface area contributed by atoms with E-state index in [9.17, 15) is 81.4 Å². The van der Waals surface area contributed by atoms with Gasteiger partial charge in [0.1, 0.15) is 140 Å². The van der Waals surface area contributed by atoms with Gasteiger partial charge < -0.3 is 148 Å². The normalized spacial score (nSPS) is 52.4. The number of cyclic esters (lactones) is 1. The number of methoxy groups -OCH3 is 2. The molecule has 0 aromatic heterocycles. The van der Waals surface area contributed by atoms with Gasteiger partial charge in [0, 0.05) is 20.1 Å². The SMILES string of the molecule is COC1C(O)[C@H](OC2C(O)[C@H](O[C@@H]3C(C)O[C@@H](OC4C(O)[C@H](O[C@@H]5OC(CO)[C@@H](O)C(O[C@@H]6OC(CO)[C@@H](O)C(OC)C6O)C5O)CO[C@H]4O[C@H]4CC[C@]5(C)C6=CC[C@]78C(=O)O[C@@](C)(CCC=C(C)C)[C@H]7CC[C@@]8(C)[C@@H]6CC[C@H]5C4(C)C)C(O)C3O)OC(CO)[C@H]2O)OC(CO)[C@H]1O. The van der Waals surface area contributed by atoms with Crippen molar-refractivity contribution in [1.29, 1.82) is 0 Å². The van der Waals surface area contributed by atoms with Crippen LogP contribution in [0.4, 0.5) is 0 Å². The van der Waals surface area contributed by atoms with Crippen LogP contribution in [0.3, 0.4) is 0 Å². The smallest absolute Gasteiger partial charge is 0.313 e. The molecule has 31 nitrogen and oxygen atoms in total. The van der Waals surface area contributed by atoms with Crippen molar-refractivity contribution in [3.05, 3.63) is 23.3 Å². The van der Waals surface area contributed by atoms with E-state index in [2.05, 4.69) is 60.6 Å². The van der Waals surface area contributed by atoms with E-state index in [1.165, 1.54) is 32.3 Å². The van der Waals surface area contributed by atoms with Gasteiger partial charge in [-0.3, -0.25) is 4.79 Å². The quantitative estimate of drug-likeness (QED) is 0.0308. The van der Waals surface area contributed by atoms with Gasteiger partial charge in [0.05, 0.1) is 50.7 Å². The van der Waals surface area contributed by atoms with Crippen molar-refractivity contribution < 1.29 is 152 Å². The van der Waals surface area contributed by atoms with Gasteiger partial charge in [-0.05, 0) is 114 Å². The molecule has 1 spiro atoms. The average molecular weight is 1410 g/mol. The molecular weight excluding hydrogens is 1300 g/mol. The molecule has 0 radical (unpaired) electrons. The minimum absolute atomic E-state index is 0.0265. The average Bonchev–Trinajstić information content (AvgIpc) is 1.49. The van der Waals surface area contributed by atoms with Crippen molar-refractivity contribution in [3.8, 4) is 0 Å². The third kappa shape index (κ3) is 13.3. The molecule has 10 fully saturated rings. The Bertz CT molecular complexity index is 2760. The van der Waals surface area contributed by atoms with Gasteiger partial charge >= 0.3 is 5.97 Å². The minimum Gasteiger partial charge on any atom is -0.459 e. The summed E-state index contributed by atoms with van der Waals surface area (Å²) in [7, 11) is 2.38. The van der Waals surface area contributed by atoms with Crippen LogP contribution in [0.1, 0.15) is 113 Å². The lowest BCUT2D eigenvalue weighted by Gasteiger charge is -2.63. The van der Waals surface area contributed by atoms with Crippen LogP contribution in [0.25, 0.3) is 0 Å². The van der Waals surface area contributed by atoms with Gasteiger partial charge in [-0.15, -0.1) is 0 Å². The highest BCUT2D eigenvalue weighted by Gasteiger charge is 2.76. The fourth-order valence-corrected chi connectivity index (χ4v) is 19.1. The van der Waals surface area contributed by atoms with Crippen molar-refractivity contribution in [2.45, 2.75) is 303 Å². The number of hydrogen-bond acceptors (Lipinski definition) is 31. The van der Waals surface area contributed by atoms with Crippen molar-refractivity contribution in [1.82, 2.24) is 0 Å². The summed E-state index contributed by atoms with van der Waals surface area (Å²) in [4.78, 5) is 14.6. The summed E-state index contributed by atoms with van der Waals surface area (Å²) < 4.78 is 90.4. The highest BCUT2D eigenvalue weighted by atomic mass is 16.8. The molecule has 0 aromatic carbocycles. The predicted molar refractivity (Wildman–Crippen MR) is 330 cm³/mol. The number of rotatable bonds is 21. The Morgan fingerprint density at radius 1 is 0.520 bits per heavy atom. The summed E-state index contributed by atoms with van der Waals surface area (Å²) in [5.74, 6) is 0.140. The van der Waals surface area contributed by atoms with Crippen molar-refractivity contribution in [2.75, 3.05) is 47.3 Å². The summed E-state index contributed by atoms with van der Waals surface area (Å²) in [6, 6.07) is 0. The van der Waals surface area contributed by atoms with Crippen molar-refractivity contribution in [2.24, 2.45) is 39.4 Å². The third-order valence-electron chi connectivity index (χ3n) is 24.6. The number of carbonyl (C=O) groups is 1. The van der Waals surface area contributed by atoms with E-state index in [1.54, 1.807) is 0 Å². The van der Waals surface area contributed by atoms with E-state index in [-0.39, 0.29) is 34.6 Å². The second-order valence-electron chi connectivity index (χ2n) is 30.6. The molecule has 7 saturated heterocycles. The summed E-state index contributed by atoms with van der Waals surface area (Å²) in [5, 5.41) is 167. The molecule has 11 aliphatic rings. The first-order valence-electron chi connectivity index (χ1n) is 34.7. The molecule has 37 atom stereocenters. The monoisotopic (exact) mass is 1410 g/mol. The van der Waals surface area contributed by atoms with E-state index in [0.29, 0.717) is 19.3 Å². The van der Waals surface area contributed by atoms with Crippen molar-refractivity contribution >= 4 is 5.97 Å². The topological polar surface area (TPSA) is 459 Å². The van der Waals surface area contributed by atoms with Crippen LogP contribution >= 0.6 is 0 Å². The van der Waals surface area contributed by atoms with Crippen LogP contribution in [-0.2, 0) is 75.8 Å². The Morgan fingerprint density at radius 2 is 1.00 bits per heavy atom. The standard InChI is InChI=1S/C67H108O31/c1-27(2)12-11-18-66(8)37-16-20-65(7)30-13-14-36-63(4,5)38(17-19-64(36,6)29(30)15-21-67(37,65)62(83)98-66)93-61-55(43(76)35(26-86-61)92-57-48(81)53(41(74)33(24-70)88-57)95-58-46(79)51(84-9)39(72)31(22-68)89-58)97-56-45(78)44(77)50(28(3)87-56)94-60-49(82)54(42(75)34(25-71)91-60)96-59-47(80)52(85-10)40(73)32(23-69)90-59/h12,15,28,30-61,68-82H,11,13-14,16-26H2,1-10H3/t28?,30-,31?,32?,33?,34?,35-,36+,37-,38+,39-,40-,41-,42-,43?,44?,45?,46?,47?,48?,49?,50-,51?,52?,53?,54?,55?,56+,57+,58+,59+,60+,61+,64-,65+,66+,67-/m1/s1. The molecular formula is C67H108O31. The maximum Gasteiger partial charge on any atom is 0.313 e. The van der Waals surface area contributed by atoms with E-state index in [4.69, 9.17) is 71.1 Å². The van der Waals surface area contributed by atoms with Gasteiger partial charge in [-0.1, -0.05) is 51.0 Å². The highest BCUT2D eigenvalue weighted by Crippen LogP contribution is 2.76. The second kappa shape index (κ2) is 30.0. The second-order valence-corrected chi connectivity index (χ2v) is 30.6. The zero-order valence-corrected chi connectivity index (χ0v) is 57.3. The van der Waals surface area contributed by atoms with Crippen LogP contribution in [0.5, 0.6) is 0 Å². The molecule has 0 bridgehead atoms. The van der Waals surface area contributed by atoms with E-state index in [1.807, 2.05) is 0 Å². The molecule has 0 amide bonds. The fraction of sp³-hybridized carbons (Fsp3) is 0.925. The van der Waals surface area contributed by atoms with Crippen LogP contribution in [0.15, 0.2) is 23.3 Å². The van der Waals surface area contributed by atoms with Crippen LogP contribution in [-0.4, -0.2) is 320 Å². The molecule has 15 N–H and O–H groups in total. The first-order valence-corrected chi connectivity index (χ1v) is 34.7. The Balaban J connectivity index is 0.834. The van der Waals surface area contributed by atoms with Gasteiger partial charge in [-0.2, -0.15) is 0 Å². The van der Waals surface area contributed by atoms with Gasteiger partial charge in [0.25, 0.3) is 0 Å². The summed E-state index contributed by atoms with van der Waals surface area (Å²) in [6.45, 7) is 12.9. The predicted octanol–water partition coefficient (Wildman–Crippen LogP) is -3.09. The zero-order valence-electron chi connectivity index (χ0n) is 57.3. The molecule has 3 saturated carbocycles.